The Labute approximate surface area is 118 Å². The average Bonchev–Trinajstić information content (AvgIpc) is 2.28. The highest BCUT2D eigenvalue weighted by molar-refractivity contribution is 7.93. The molecule has 0 amide bonds. The van der Waals surface area contributed by atoms with Crippen LogP contribution in [0.4, 0.5) is 26.3 Å². The van der Waals surface area contributed by atoms with Crippen LogP contribution in [0.3, 0.4) is 0 Å². The van der Waals surface area contributed by atoms with Crippen LogP contribution in [0.1, 0.15) is 0 Å². The summed E-state index contributed by atoms with van der Waals surface area (Å²) in [6.07, 6.45) is 0. The Morgan fingerprint density at radius 1 is 0.773 bits per heavy atom. The Hall–Kier alpha value is -1.70. The maximum atomic E-state index is 12.3. The molecule has 0 bridgehead atoms. The SMILES string of the molecule is O=S(=O)(c1cc(O)c(O)c(S(=O)(=O)C(F)(F)F)c1)C(F)(F)F. The first-order valence-electron chi connectivity index (χ1n) is 4.72. The van der Waals surface area contributed by atoms with Gasteiger partial charge in [-0.25, -0.2) is 16.8 Å². The summed E-state index contributed by atoms with van der Waals surface area (Å²) in [5.74, 6) is -3.72. The highest BCUT2D eigenvalue weighted by Crippen LogP contribution is 2.42. The van der Waals surface area contributed by atoms with Gasteiger partial charge in [-0.1, -0.05) is 0 Å². The van der Waals surface area contributed by atoms with Crippen LogP contribution in [0.5, 0.6) is 11.5 Å². The number of benzene rings is 1. The molecule has 0 saturated heterocycles. The standard InChI is InChI=1S/C8H4F6O6S2/c9-7(10,11)21(17,18)3-1-4(15)6(16)5(2-3)22(19,20)8(12,13)14/h1-2,15-16H. The van der Waals surface area contributed by atoms with Gasteiger partial charge in [0.2, 0.25) is 0 Å². The van der Waals surface area contributed by atoms with Crippen molar-refractivity contribution in [3.63, 3.8) is 0 Å². The van der Waals surface area contributed by atoms with Crippen molar-refractivity contribution in [2.24, 2.45) is 0 Å². The van der Waals surface area contributed by atoms with Crippen LogP contribution in [-0.2, 0) is 19.7 Å². The number of hydrogen-bond acceptors (Lipinski definition) is 6. The third-order valence-corrected chi connectivity index (χ3v) is 5.20. The first-order chi connectivity index (χ1) is 9.53. The van der Waals surface area contributed by atoms with Gasteiger partial charge in [0.05, 0.1) is 4.90 Å². The quantitative estimate of drug-likeness (QED) is 0.602. The monoisotopic (exact) mass is 374 g/mol. The van der Waals surface area contributed by atoms with E-state index in [1.165, 1.54) is 0 Å². The van der Waals surface area contributed by atoms with Crippen molar-refractivity contribution in [3.05, 3.63) is 12.1 Å². The summed E-state index contributed by atoms with van der Waals surface area (Å²) >= 11 is 0. The second-order valence-electron chi connectivity index (χ2n) is 3.69. The van der Waals surface area contributed by atoms with Crippen molar-refractivity contribution in [2.45, 2.75) is 20.8 Å². The van der Waals surface area contributed by atoms with E-state index in [9.17, 15) is 43.2 Å². The van der Waals surface area contributed by atoms with E-state index in [4.69, 9.17) is 10.2 Å². The molecular formula is C8H4F6O6S2. The lowest BCUT2D eigenvalue weighted by atomic mass is 10.3. The molecule has 0 spiro atoms. The van der Waals surface area contributed by atoms with Gasteiger partial charge in [-0.15, -0.1) is 0 Å². The van der Waals surface area contributed by atoms with Crippen LogP contribution in [0.25, 0.3) is 0 Å². The van der Waals surface area contributed by atoms with Gasteiger partial charge in [0.15, 0.2) is 11.5 Å². The Bertz CT molecular complexity index is 805. The number of halogens is 6. The molecule has 0 heterocycles. The van der Waals surface area contributed by atoms with Crippen molar-refractivity contribution >= 4 is 19.7 Å². The zero-order chi connectivity index (χ0) is 17.7. The smallest absolute Gasteiger partial charge is 0.502 e. The van der Waals surface area contributed by atoms with Gasteiger partial charge in [0.25, 0.3) is 19.7 Å². The Kier molecular flexibility index (Phi) is 4.09. The number of alkyl halides is 6. The van der Waals surface area contributed by atoms with Gasteiger partial charge in [0, 0.05) is 6.07 Å². The molecule has 0 saturated carbocycles. The van der Waals surface area contributed by atoms with E-state index in [1.54, 1.807) is 0 Å². The average molecular weight is 374 g/mol. The van der Waals surface area contributed by atoms with Crippen LogP contribution in [0, 0.1) is 0 Å². The predicted octanol–water partition coefficient (Wildman–Crippen LogP) is 1.68. The third-order valence-electron chi connectivity index (χ3n) is 2.24. The fourth-order valence-corrected chi connectivity index (χ4v) is 2.96. The van der Waals surface area contributed by atoms with E-state index < -0.39 is 58.0 Å². The minimum atomic E-state index is -6.40. The van der Waals surface area contributed by atoms with Crippen molar-refractivity contribution in [2.75, 3.05) is 0 Å². The van der Waals surface area contributed by atoms with E-state index in [1.807, 2.05) is 0 Å². The number of aromatic hydroxyl groups is 2. The summed E-state index contributed by atoms with van der Waals surface area (Å²) in [7, 11) is -12.6. The highest BCUT2D eigenvalue weighted by Gasteiger charge is 2.51. The molecule has 0 atom stereocenters. The molecule has 6 nitrogen and oxygen atoms in total. The third kappa shape index (κ3) is 2.79. The maximum absolute atomic E-state index is 12.3. The van der Waals surface area contributed by atoms with Crippen LogP contribution in [-0.4, -0.2) is 38.1 Å². The lowest BCUT2D eigenvalue weighted by molar-refractivity contribution is -0.0439. The van der Waals surface area contributed by atoms with Crippen molar-refractivity contribution in [1.29, 1.82) is 0 Å². The molecule has 1 aromatic rings. The molecule has 126 valence electrons. The number of sulfone groups is 2. The van der Waals surface area contributed by atoms with Crippen LogP contribution >= 0.6 is 0 Å². The Balaban J connectivity index is 3.82. The molecule has 0 fully saturated rings. The molecule has 0 unspecified atom stereocenters. The predicted molar refractivity (Wildman–Crippen MR) is 56.3 cm³/mol. The molecule has 1 rings (SSSR count). The summed E-state index contributed by atoms with van der Waals surface area (Å²) in [5.41, 5.74) is -12.0. The molecule has 0 aromatic heterocycles. The van der Waals surface area contributed by atoms with Gasteiger partial charge in [-0.05, 0) is 6.07 Å². The molecule has 1 aromatic carbocycles. The molecular weight excluding hydrogens is 370 g/mol. The zero-order valence-corrected chi connectivity index (χ0v) is 11.4. The summed E-state index contributed by atoms with van der Waals surface area (Å²) < 4.78 is 118. The van der Waals surface area contributed by atoms with Crippen LogP contribution < -0.4 is 0 Å². The summed E-state index contributed by atoms with van der Waals surface area (Å²) in [4.78, 5) is -4.19. The number of hydrogen-bond donors (Lipinski definition) is 2. The number of rotatable bonds is 2. The van der Waals surface area contributed by atoms with E-state index in [0.29, 0.717) is 0 Å². The Morgan fingerprint density at radius 2 is 1.18 bits per heavy atom. The molecule has 2 N–H and O–H groups in total. The summed E-state index contributed by atoms with van der Waals surface area (Å²) in [5, 5.41) is 18.1. The fourth-order valence-electron chi connectivity index (χ4n) is 1.19. The van der Waals surface area contributed by atoms with E-state index in [0.717, 1.165) is 0 Å². The van der Waals surface area contributed by atoms with Crippen LogP contribution in [0.15, 0.2) is 21.9 Å². The summed E-state index contributed by atoms with van der Waals surface area (Å²) in [6, 6.07) is -0.770. The molecule has 22 heavy (non-hydrogen) atoms. The molecule has 0 aliphatic rings. The topological polar surface area (TPSA) is 109 Å². The largest absolute Gasteiger partial charge is 0.504 e. The zero-order valence-electron chi connectivity index (χ0n) is 9.77. The molecule has 14 heteroatoms. The maximum Gasteiger partial charge on any atom is 0.502 e. The minimum Gasteiger partial charge on any atom is -0.504 e. The second-order valence-corrected chi connectivity index (χ2v) is 7.54. The van der Waals surface area contributed by atoms with Gasteiger partial charge < -0.3 is 10.2 Å². The molecule has 0 radical (unpaired) electrons. The Morgan fingerprint density at radius 3 is 1.55 bits per heavy atom. The number of phenolic OH excluding ortho intramolecular Hbond substituents is 2. The van der Waals surface area contributed by atoms with Gasteiger partial charge in [0.1, 0.15) is 4.90 Å². The summed E-state index contributed by atoms with van der Waals surface area (Å²) in [6.45, 7) is 0. The van der Waals surface area contributed by atoms with Gasteiger partial charge >= 0.3 is 11.0 Å². The van der Waals surface area contributed by atoms with E-state index in [2.05, 4.69) is 0 Å². The van der Waals surface area contributed by atoms with E-state index >= 15 is 0 Å². The van der Waals surface area contributed by atoms with E-state index in [-0.39, 0.29) is 6.07 Å². The van der Waals surface area contributed by atoms with Gasteiger partial charge in [-0.3, -0.25) is 0 Å². The lowest BCUT2D eigenvalue weighted by Crippen LogP contribution is -2.26. The van der Waals surface area contributed by atoms with Crippen molar-refractivity contribution in [3.8, 4) is 11.5 Å². The first-order valence-corrected chi connectivity index (χ1v) is 7.69. The van der Waals surface area contributed by atoms with Crippen LogP contribution in [0.2, 0.25) is 0 Å². The lowest BCUT2D eigenvalue weighted by Gasteiger charge is -2.13. The van der Waals surface area contributed by atoms with Crippen molar-refractivity contribution in [1.82, 2.24) is 0 Å². The van der Waals surface area contributed by atoms with Gasteiger partial charge in [-0.2, -0.15) is 26.3 Å². The highest BCUT2D eigenvalue weighted by atomic mass is 32.2. The molecule has 0 aliphatic heterocycles. The minimum absolute atomic E-state index is 0.229. The fraction of sp³-hybridized carbons (Fsp3) is 0.250. The normalized spacial score (nSPS) is 14.1. The van der Waals surface area contributed by atoms with Crippen molar-refractivity contribution < 1.29 is 53.4 Å². The number of phenols is 2. The molecule has 0 aliphatic carbocycles. The first kappa shape index (κ1) is 18.3. The second kappa shape index (κ2) is 4.91.